The van der Waals surface area contributed by atoms with E-state index >= 15 is 0 Å². The number of rotatable bonds is 6. The number of para-hydroxylation sites is 3. The molecule has 138 valence electrons. The molecular weight excluding hydrogens is 342 g/mol. The highest BCUT2D eigenvalue weighted by Crippen LogP contribution is 2.17. The van der Waals surface area contributed by atoms with E-state index in [2.05, 4.69) is 15.6 Å². The predicted molar refractivity (Wildman–Crippen MR) is 105 cm³/mol. The molecule has 2 N–H and O–H groups in total. The number of amides is 2. The van der Waals surface area contributed by atoms with Crippen molar-refractivity contribution in [1.82, 2.24) is 10.3 Å². The van der Waals surface area contributed by atoms with Crippen molar-refractivity contribution in [2.45, 2.75) is 13.8 Å². The van der Waals surface area contributed by atoms with E-state index in [0.29, 0.717) is 35.2 Å². The van der Waals surface area contributed by atoms with E-state index < -0.39 is 0 Å². The number of nitrogens with one attached hydrogen (secondary N) is 2. The van der Waals surface area contributed by atoms with Gasteiger partial charge in [-0.1, -0.05) is 38.1 Å². The van der Waals surface area contributed by atoms with Gasteiger partial charge in [-0.2, -0.15) is 0 Å². The maximum atomic E-state index is 12.3. The Bertz CT molecular complexity index is 956. The standard InChI is InChI=1S/C21H21N3O3/c1-14(2)13-22-21(26)15-7-3-4-8-16(15)23-19(25)11-12-20-24-17-9-5-6-10-18(17)27-20/h3-12,14H,13H2,1-2H3,(H,22,26)(H,23,25)/b12-11+. The van der Waals surface area contributed by atoms with Crippen molar-refractivity contribution in [2.24, 2.45) is 5.92 Å². The van der Waals surface area contributed by atoms with Gasteiger partial charge in [0.15, 0.2) is 5.58 Å². The van der Waals surface area contributed by atoms with E-state index in [1.807, 2.05) is 38.1 Å². The molecule has 0 aliphatic heterocycles. The number of hydrogen-bond acceptors (Lipinski definition) is 4. The van der Waals surface area contributed by atoms with E-state index in [1.54, 1.807) is 24.3 Å². The average molecular weight is 363 g/mol. The third-order valence-electron chi connectivity index (χ3n) is 3.79. The van der Waals surface area contributed by atoms with Crippen LogP contribution in [0.25, 0.3) is 17.2 Å². The van der Waals surface area contributed by atoms with Crippen LogP contribution in [0.3, 0.4) is 0 Å². The molecule has 3 rings (SSSR count). The van der Waals surface area contributed by atoms with Gasteiger partial charge in [0, 0.05) is 18.7 Å². The first kappa shape index (κ1) is 18.4. The zero-order valence-corrected chi connectivity index (χ0v) is 15.2. The van der Waals surface area contributed by atoms with Gasteiger partial charge >= 0.3 is 0 Å². The van der Waals surface area contributed by atoms with Gasteiger partial charge in [-0.15, -0.1) is 0 Å². The van der Waals surface area contributed by atoms with E-state index in [0.717, 1.165) is 5.52 Å². The van der Waals surface area contributed by atoms with Gasteiger partial charge in [-0.05, 0) is 30.2 Å². The highest BCUT2D eigenvalue weighted by molar-refractivity contribution is 6.07. The summed E-state index contributed by atoms with van der Waals surface area (Å²) in [4.78, 5) is 28.8. The molecular formula is C21H21N3O3. The number of anilines is 1. The SMILES string of the molecule is CC(C)CNC(=O)c1ccccc1NC(=O)/C=C/c1nc2ccccc2o1. The summed E-state index contributed by atoms with van der Waals surface area (Å²) in [6, 6.07) is 14.3. The van der Waals surface area contributed by atoms with Crippen LogP contribution >= 0.6 is 0 Å². The quantitative estimate of drug-likeness (QED) is 0.651. The summed E-state index contributed by atoms with van der Waals surface area (Å²) in [5.74, 6) is 0.0909. The van der Waals surface area contributed by atoms with Gasteiger partial charge in [0.25, 0.3) is 5.91 Å². The molecule has 6 nitrogen and oxygen atoms in total. The fourth-order valence-corrected chi connectivity index (χ4v) is 2.46. The Morgan fingerprint density at radius 3 is 2.63 bits per heavy atom. The lowest BCUT2D eigenvalue weighted by Crippen LogP contribution is -2.28. The van der Waals surface area contributed by atoms with E-state index in [1.165, 1.54) is 12.2 Å². The van der Waals surface area contributed by atoms with Crippen molar-refractivity contribution in [3.8, 4) is 0 Å². The lowest BCUT2D eigenvalue weighted by atomic mass is 10.1. The van der Waals surface area contributed by atoms with E-state index in [4.69, 9.17) is 4.42 Å². The Morgan fingerprint density at radius 2 is 1.85 bits per heavy atom. The minimum absolute atomic E-state index is 0.220. The number of fused-ring (bicyclic) bond motifs is 1. The largest absolute Gasteiger partial charge is 0.437 e. The van der Waals surface area contributed by atoms with Gasteiger partial charge in [0.1, 0.15) is 5.52 Å². The van der Waals surface area contributed by atoms with Crippen LogP contribution in [0.15, 0.2) is 59.0 Å². The van der Waals surface area contributed by atoms with Crippen LogP contribution in [-0.4, -0.2) is 23.3 Å². The van der Waals surface area contributed by atoms with Crippen molar-refractivity contribution in [1.29, 1.82) is 0 Å². The number of carbonyl (C=O) groups is 2. The van der Waals surface area contributed by atoms with Crippen LogP contribution in [0.4, 0.5) is 5.69 Å². The van der Waals surface area contributed by atoms with Crippen molar-refractivity contribution in [2.75, 3.05) is 11.9 Å². The van der Waals surface area contributed by atoms with Crippen molar-refractivity contribution in [3.63, 3.8) is 0 Å². The molecule has 0 unspecified atom stereocenters. The Labute approximate surface area is 157 Å². The molecule has 1 heterocycles. The third-order valence-corrected chi connectivity index (χ3v) is 3.79. The molecule has 1 aromatic heterocycles. The first-order valence-corrected chi connectivity index (χ1v) is 8.75. The van der Waals surface area contributed by atoms with Crippen molar-refractivity contribution >= 4 is 34.7 Å². The van der Waals surface area contributed by atoms with Crippen LogP contribution in [0, 0.1) is 5.92 Å². The molecule has 0 radical (unpaired) electrons. The van der Waals surface area contributed by atoms with Gasteiger partial charge in [0.2, 0.25) is 11.8 Å². The molecule has 2 amide bonds. The summed E-state index contributed by atoms with van der Waals surface area (Å²) in [5.41, 5.74) is 2.25. The third kappa shape index (κ3) is 4.82. The molecule has 0 aliphatic rings. The summed E-state index contributed by atoms with van der Waals surface area (Å²) in [7, 11) is 0. The summed E-state index contributed by atoms with van der Waals surface area (Å²) in [6.45, 7) is 4.61. The minimum atomic E-state index is -0.374. The number of oxazole rings is 1. The van der Waals surface area contributed by atoms with Crippen LogP contribution in [0.2, 0.25) is 0 Å². The molecule has 3 aromatic rings. The van der Waals surface area contributed by atoms with Crippen LogP contribution < -0.4 is 10.6 Å². The fourth-order valence-electron chi connectivity index (χ4n) is 2.46. The van der Waals surface area contributed by atoms with Crippen LogP contribution in [-0.2, 0) is 4.79 Å². The first-order valence-electron chi connectivity index (χ1n) is 8.75. The zero-order valence-electron chi connectivity index (χ0n) is 15.2. The molecule has 0 bridgehead atoms. The molecule has 0 fully saturated rings. The number of nitrogens with zero attached hydrogens (tertiary/aromatic N) is 1. The molecule has 0 saturated carbocycles. The Hall–Kier alpha value is -3.41. The fraction of sp³-hybridized carbons (Fsp3) is 0.190. The molecule has 0 aliphatic carbocycles. The smallest absolute Gasteiger partial charge is 0.253 e. The van der Waals surface area contributed by atoms with Crippen LogP contribution in [0.1, 0.15) is 30.1 Å². The van der Waals surface area contributed by atoms with Gasteiger partial charge in [0.05, 0.1) is 11.3 Å². The monoisotopic (exact) mass is 363 g/mol. The Morgan fingerprint density at radius 1 is 1.11 bits per heavy atom. The predicted octanol–water partition coefficient (Wildman–Crippen LogP) is 3.87. The number of carbonyl (C=O) groups excluding carboxylic acids is 2. The van der Waals surface area contributed by atoms with Gasteiger partial charge in [-0.25, -0.2) is 4.98 Å². The summed E-state index contributed by atoms with van der Waals surface area (Å²) in [6.07, 6.45) is 2.82. The molecule has 0 spiro atoms. The van der Waals surface area contributed by atoms with E-state index in [9.17, 15) is 9.59 Å². The molecule has 0 atom stereocenters. The second kappa shape index (κ2) is 8.31. The molecule has 6 heteroatoms. The van der Waals surface area contributed by atoms with Gasteiger partial charge < -0.3 is 15.1 Å². The average Bonchev–Trinajstić information content (AvgIpc) is 3.08. The number of hydrogen-bond donors (Lipinski definition) is 2. The number of benzene rings is 2. The maximum absolute atomic E-state index is 12.3. The first-order chi connectivity index (χ1) is 13.0. The van der Waals surface area contributed by atoms with Crippen LogP contribution in [0.5, 0.6) is 0 Å². The molecule has 2 aromatic carbocycles. The minimum Gasteiger partial charge on any atom is -0.437 e. The van der Waals surface area contributed by atoms with Crippen molar-refractivity contribution < 1.29 is 14.0 Å². The lowest BCUT2D eigenvalue weighted by Gasteiger charge is -2.11. The van der Waals surface area contributed by atoms with Crippen molar-refractivity contribution in [3.05, 3.63) is 66.1 Å². The second-order valence-electron chi connectivity index (χ2n) is 6.49. The summed E-state index contributed by atoms with van der Waals surface area (Å²) >= 11 is 0. The molecule has 27 heavy (non-hydrogen) atoms. The normalized spacial score (nSPS) is 11.2. The highest BCUT2D eigenvalue weighted by atomic mass is 16.3. The second-order valence-corrected chi connectivity index (χ2v) is 6.49. The summed E-state index contributed by atoms with van der Waals surface area (Å²) in [5, 5.41) is 5.58. The highest BCUT2D eigenvalue weighted by Gasteiger charge is 2.12. The lowest BCUT2D eigenvalue weighted by molar-refractivity contribution is -0.111. The van der Waals surface area contributed by atoms with Gasteiger partial charge in [-0.3, -0.25) is 9.59 Å². The zero-order chi connectivity index (χ0) is 19.2. The Kier molecular flexibility index (Phi) is 5.66. The maximum Gasteiger partial charge on any atom is 0.253 e. The number of aromatic nitrogens is 1. The summed E-state index contributed by atoms with van der Waals surface area (Å²) < 4.78 is 5.54. The molecule has 0 saturated heterocycles. The Balaban J connectivity index is 1.69. The van der Waals surface area contributed by atoms with E-state index in [-0.39, 0.29) is 11.8 Å². The topological polar surface area (TPSA) is 84.2 Å².